The summed E-state index contributed by atoms with van der Waals surface area (Å²) in [5, 5.41) is 0. The quantitative estimate of drug-likeness (QED) is 0.428. The first-order valence-electron chi connectivity index (χ1n) is 11.6. The zero-order chi connectivity index (χ0) is 21.8. The summed E-state index contributed by atoms with van der Waals surface area (Å²) in [7, 11) is 3.45. The molecular weight excluding hydrogens is 388 g/mol. The van der Waals surface area contributed by atoms with Crippen LogP contribution in [0.4, 0.5) is 0 Å². The Balaban J connectivity index is 1.66. The number of hydrogen-bond acceptors (Lipinski definition) is 4. The molecule has 1 aromatic rings. The number of esters is 1. The van der Waals surface area contributed by atoms with E-state index in [1.807, 2.05) is 13.0 Å². The maximum Gasteiger partial charge on any atom is 0.330 e. The van der Waals surface area contributed by atoms with Crippen molar-refractivity contribution in [2.75, 3.05) is 20.8 Å². The molecule has 1 aromatic carbocycles. The molecule has 0 heterocycles. The molecule has 3 aliphatic rings. The van der Waals surface area contributed by atoms with Crippen LogP contribution in [-0.2, 0) is 20.7 Å². The number of benzene rings is 1. The Morgan fingerprint density at radius 1 is 1.13 bits per heavy atom. The highest BCUT2D eigenvalue weighted by Gasteiger charge is 2.41. The van der Waals surface area contributed by atoms with Gasteiger partial charge in [0.25, 0.3) is 0 Å². The van der Waals surface area contributed by atoms with Gasteiger partial charge in [0.2, 0.25) is 0 Å². The van der Waals surface area contributed by atoms with E-state index in [0.717, 1.165) is 35.8 Å². The monoisotopic (exact) mass is 422 g/mol. The van der Waals surface area contributed by atoms with Crippen molar-refractivity contribution >= 4 is 12.0 Å². The van der Waals surface area contributed by atoms with Crippen molar-refractivity contribution in [2.24, 2.45) is 17.8 Å². The lowest BCUT2D eigenvalue weighted by Crippen LogP contribution is -2.36. The van der Waals surface area contributed by atoms with Crippen molar-refractivity contribution in [1.82, 2.24) is 0 Å². The van der Waals surface area contributed by atoms with Gasteiger partial charge >= 0.3 is 5.97 Å². The fraction of sp³-hybridized carbons (Fsp3) is 0.519. The summed E-state index contributed by atoms with van der Waals surface area (Å²) >= 11 is 0. The Hall–Kier alpha value is -2.49. The molecular formula is C27H34O4. The first kappa shape index (κ1) is 21.7. The molecule has 1 fully saturated rings. The van der Waals surface area contributed by atoms with Crippen LogP contribution < -0.4 is 4.74 Å². The molecule has 4 rings (SSSR count). The van der Waals surface area contributed by atoms with E-state index in [1.165, 1.54) is 42.9 Å². The lowest BCUT2D eigenvalue weighted by Gasteiger charge is -2.45. The van der Waals surface area contributed by atoms with Crippen molar-refractivity contribution in [3.05, 3.63) is 58.9 Å². The predicted octanol–water partition coefficient (Wildman–Crippen LogP) is 5.82. The Morgan fingerprint density at radius 2 is 1.97 bits per heavy atom. The second kappa shape index (κ2) is 9.76. The number of fused-ring (bicyclic) bond motifs is 3. The van der Waals surface area contributed by atoms with Crippen molar-refractivity contribution in [3.63, 3.8) is 0 Å². The Bertz CT molecular complexity index is 895. The van der Waals surface area contributed by atoms with Gasteiger partial charge in [0.1, 0.15) is 11.5 Å². The molecule has 31 heavy (non-hydrogen) atoms. The molecule has 4 nitrogen and oxygen atoms in total. The average Bonchev–Trinajstić information content (AvgIpc) is 2.82. The highest BCUT2D eigenvalue weighted by Crippen LogP contribution is 2.52. The maximum atomic E-state index is 11.8. The van der Waals surface area contributed by atoms with E-state index in [4.69, 9.17) is 14.2 Å². The minimum atomic E-state index is -0.319. The molecule has 0 radical (unpaired) electrons. The summed E-state index contributed by atoms with van der Waals surface area (Å²) in [6, 6.07) is 4.48. The summed E-state index contributed by atoms with van der Waals surface area (Å²) < 4.78 is 16.2. The fourth-order valence-corrected chi connectivity index (χ4v) is 5.86. The molecule has 0 amide bonds. The lowest BCUT2D eigenvalue weighted by molar-refractivity contribution is -0.137. The van der Waals surface area contributed by atoms with Gasteiger partial charge in [-0.05, 0) is 97.8 Å². The fourth-order valence-electron chi connectivity index (χ4n) is 5.86. The summed E-state index contributed by atoms with van der Waals surface area (Å²) in [5.41, 5.74) is 3.81. The normalized spacial score (nSPS) is 27.3. The van der Waals surface area contributed by atoms with Crippen molar-refractivity contribution in [2.45, 2.75) is 51.4 Å². The number of ether oxygens (including phenoxy) is 3. The number of carbonyl (C=O) groups excluding carboxylic acids is 1. The van der Waals surface area contributed by atoms with Crippen LogP contribution >= 0.6 is 0 Å². The Labute approximate surface area is 186 Å². The molecule has 0 bridgehead atoms. The lowest BCUT2D eigenvalue weighted by atomic mass is 9.59. The second-order valence-corrected chi connectivity index (χ2v) is 8.87. The van der Waals surface area contributed by atoms with Crippen molar-refractivity contribution in [1.29, 1.82) is 0 Å². The standard InChI is InChI=1S/C27H34O4/c1-4-31-27(28)14-11-19-15-20-16-24(18-9-12-21(29-2)13-10-18)22-7-5-6-8-23(22)25(20)17-26(19)30-3/h9,11-15,17-18,22-24H,4-8,10,16H2,1-3H3/b14-11+/t18?,22-,23+,24-/m0/s1. The van der Waals surface area contributed by atoms with Gasteiger partial charge in [0, 0.05) is 11.6 Å². The van der Waals surface area contributed by atoms with E-state index in [1.54, 1.807) is 14.2 Å². The van der Waals surface area contributed by atoms with Gasteiger partial charge in [-0.1, -0.05) is 18.9 Å². The maximum absolute atomic E-state index is 11.8. The molecule has 1 unspecified atom stereocenters. The van der Waals surface area contributed by atoms with Gasteiger partial charge in [-0.15, -0.1) is 0 Å². The third-order valence-corrected chi connectivity index (χ3v) is 7.29. The molecule has 0 spiro atoms. The average molecular weight is 423 g/mol. The number of hydrogen-bond donors (Lipinski definition) is 0. The van der Waals surface area contributed by atoms with Gasteiger partial charge in [-0.25, -0.2) is 4.79 Å². The van der Waals surface area contributed by atoms with Gasteiger partial charge in [-0.3, -0.25) is 0 Å². The van der Waals surface area contributed by atoms with Gasteiger partial charge < -0.3 is 14.2 Å². The predicted molar refractivity (Wildman–Crippen MR) is 123 cm³/mol. The summed E-state index contributed by atoms with van der Waals surface area (Å²) in [5.74, 6) is 4.01. The largest absolute Gasteiger partial charge is 0.497 e. The zero-order valence-electron chi connectivity index (χ0n) is 18.9. The third-order valence-electron chi connectivity index (χ3n) is 7.29. The molecule has 3 aliphatic carbocycles. The summed E-state index contributed by atoms with van der Waals surface area (Å²) in [6.07, 6.45) is 17.4. The molecule has 166 valence electrons. The third kappa shape index (κ3) is 4.58. The highest BCUT2D eigenvalue weighted by atomic mass is 16.5. The molecule has 4 heteroatoms. The van der Waals surface area contributed by atoms with Crippen LogP contribution in [0.3, 0.4) is 0 Å². The van der Waals surface area contributed by atoms with Gasteiger partial charge in [0.05, 0.1) is 20.8 Å². The number of methoxy groups -OCH3 is 2. The molecule has 0 aromatic heterocycles. The van der Waals surface area contributed by atoms with Crippen LogP contribution in [0.15, 0.2) is 42.2 Å². The summed E-state index contributed by atoms with van der Waals surface area (Å²) in [6.45, 7) is 2.19. The number of rotatable bonds is 6. The summed E-state index contributed by atoms with van der Waals surface area (Å²) in [4.78, 5) is 11.8. The Morgan fingerprint density at radius 3 is 2.68 bits per heavy atom. The van der Waals surface area contributed by atoms with Crippen LogP contribution in [0.25, 0.3) is 6.08 Å². The highest BCUT2D eigenvalue weighted by molar-refractivity contribution is 5.87. The van der Waals surface area contributed by atoms with E-state index in [-0.39, 0.29) is 5.97 Å². The Kier molecular flexibility index (Phi) is 6.84. The van der Waals surface area contributed by atoms with Gasteiger partial charge in [0.15, 0.2) is 0 Å². The van der Waals surface area contributed by atoms with Crippen LogP contribution in [0.5, 0.6) is 5.75 Å². The number of allylic oxidation sites excluding steroid dienone is 3. The van der Waals surface area contributed by atoms with Crippen LogP contribution in [0.1, 0.15) is 61.6 Å². The van der Waals surface area contributed by atoms with Crippen molar-refractivity contribution in [3.8, 4) is 5.75 Å². The number of carbonyl (C=O) groups is 1. The SMILES string of the molecule is CCOC(=O)/C=C/c1cc2c(cc1OC)[C@@H]1CCCC[C@@H]1[C@H](C1C=CC(OC)=CC1)C2. The van der Waals surface area contributed by atoms with Crippen LogP contribution in [0.2, 0.25) is 0 Å². The van der Waals surface area contributed by atoms with E-state index in [0.29, 0.717) is 24.4 Å². The minimum absolute atomic E-state index is 0.319. The molecule has 1 saturated carbocycles. The van der Waals surface area contributed by atoms with E-state index in [2.05, 4.69) is 30.4 Å². The minimum Gasteiger partial charge on any atom is -0.497 e. The van der Waals surface area contributed by atoms with E-state index < -0.39 is 0 Å². The molecule has 0 aliphatic heterocycles. The first-order chi connectivity index (χ1) is 15.1. The van der Waals surface area contributed by atoms with E-state index in [9.17, 15) is 4.79 Å². The topological polar surface area (TPSA) is 44.8 Å². The second-order valence-electron chi connectivity index (χ2n) is 8.87. The smallest absolute Gasteiger partial charge is 0.330 e. The molecule has 4 atom stereocenters. The van der Waals surface area contributed by atoms with Gasteiger partial charge in [-0.2, -0.15) is 0 Å². The first-order valence-corrected chi connectivity index (χ1v) is 11.6. The van der Waals surface area contributed by atoms with Crippen LogP contribution in [-0.4, -0.2) is 26.8 Å². The zero-order valence-corrected chi connectivity index (χ0v) is 18.9. The van der Waals surface area contributed by atoms with E-state index >= 15 is 0 Å². The molecule has 0 saturated heterocycles. The van der Waals surface area contributed by atoms with Crippen molar-refractivity contribution < 1.29 is 19.0 Å². The molecule has 0 N–H and O–H groups in total. The van der Waals surface area contributed by atoms with Crippen LogP contribution in [0, 0.1) is 17.8 Å².